The van der Waals surface area contributed by atoms with E-state index in [-0.39, 0.29) is 0 Å². The van der Waals surface area contributed by atoms with Crippen LogP contribution in [0.2, 0.25) is 0 Å². The smallest absolute Gasteiger partial charge is 0.147 e. The molecule has 2 aliphatic heterocycles. The molecule has 1 saturated heterocycles. The van der Waals surface area contributed by atoms with Crippen molar-refractivity contribution in [3.05, 3.63) is 17.6 Å². The molecule has 0 bridgehead atoms. The monoisotopic (exact) mass is 370 g/mol. The van der Waals surface area contributed by atoms with Crippen LogP contribution >= 0.6 is 22.6 Å². The van der Waals surface area contributed by atoms with Crippen LogP contribution in [0.5, 0.6) is 0 Å². The Labute approximate surface area is 127 Å². The van der Waals surface area contributed by atoms with Gasteiger partial charge >= 0.3 is 0 Å². The molecule has 4 nitrogen and oxygen atoms in total. The molecule has 0 radical (unpaired) electrons. The van der Waals surface area contributed by atoms with Crippen molar-refractivity contribution < 1.29 is 0 Å². The zero-order chi connectivity index (χ0) is 13.5. The zero-order valence-corrected chi connectivity index (χ0v) is 13.6. The van der Waals surface area contributed by atoms with Crippen molar-refractivity contribution in [3.63, 3.8) is 0 Å². The SMILES string of the molecule is CCC1(C)CCN(c2cnc3c(n2)CN=C3I)CC1. The molecule has 102 valence electrons. The molecule has 1 aromatic heterocycles. The first kappa shape index (κ1) is 13.3. The number of fused-ring (bicyclic) bond motifs is 1. The second-order valence-corrected chi connectivity index (χ2v) is 6.80. The van der Waals surface area contributed by atoms with Crippen molar-refractivity contribution in [2.24, 2.45) is 10.4 Å². The van der Waals surface area contributed by atoms with Crippen LogP contribution in [0.15, 0.2) is 11.2 Å². The summed E-state index contributed by atoms with van der Waals surface area (Å²) in [6.45, 7) is 7.57. The van der Waals surface area contributed by atoms with Gasteiger partial charge in [0.2, 0.25) is 0 Å². The van der Waals surface area contributed by atoms with Gasteiger partial charge in [0.15, 0.2) is 0 Å². The van der Waals surface area contributed by atoms with Crippen LogP contribution in [0, 0.1) is 5.41 Å². The minimum atomic E-state index is 0.513. The molecular weight excluding hydrogens is 351 g/mol. The van der Waals surface area contributed by atoms with Crippen LogP contribution in [0.3, 0.4) is 0 Å². The first-order valence-corrected chi connectivity index (χ1v) is 8.00. The van der Waals surface area contributed by atoms with Gasteiger partial charge in [-0.15, -0.1) is 0 Å². The van der Waals surface area contributed by atoms with Gasteiger partial charge in [0.05, 0.1) is 18.4 Å². The predicted octanol–water partition coefficient (Wildman–Crippen LogP) is 3.19. The quantitative estimate of drug-likeness (QED) is 0.751. The fraction of sp³-hybridized carbons (Fsp3) is 0.643. The average Bonchev–Trinajstić information content (AvgIpc) is 2.81. The molecule has 0 unspecified atom stereocenters. The maximum atomic E-state index is 4.74. The molecule has 3 heterocycles. The summed E-state index contributed by atoms with van der Waals surface area (Å²) in [4.78, 5) is 16.0. The Hall–Kier alpha value is -0.720. The van der Waals surface area contributed by atoms with Crippen LogP contribution in [0.1, 0.15) is 44.5 Å². The summed E-state index contributed by atoms with van der Waals surface area (Å²) in [6, 6.07) is 0. The van der Waals surface area contributed by atoms with Crippen LogP contribution in [-0.4, -0.2) is 26.8 Å². The lowest BCUT2D eigenvalue weighted by molar-refractivity contribution is 0.237. The Morgan fingerprint density at radius 3 is 2.79 bits per heavy atom. The van der Waals surface area contributed by atoms with Crippen LogP contribution in [-0.2, 0) is 6.54 Å². The van der Waals surface area contributed by atoms with E-state index in [0.29, 0.717) is 12.0 Å². The van der Waals surface area contributed by atoms with Crippen molar-refractivity contribution in [2.75, 3.05) is 18.0 Å². The lowest BCUT2D eigenvalue weighted by Gasteiger charge is -2.39. The lowest BCUT2D eigenvalue weighted by Crippen LogP contribution is -2.39. The number of aliphatic imine (C=N–C) groups is 1. The molecule has 1 fully saturated rings. The van der Waals surface area contributed by atoms with Crippen molar-refractivity contribution in [1.82, 2.24) is 9.97 Å². The molecule has 0 atom stereocenters. The number of anilines is 1. The first-order chi connectivity index (χ1) is 9.11. The molecule has 2 aliphatic rings. The summed E-state index contributed by atoms with van der Waals surface area (Å²) in [5.41, 5.74) is 2.52. The van der Waals surface area contributed by atoms with Crippen molar-refractivity contribution in [2.45, 2.75) is 39.7 Å². The molecule has 19 heavy (non-hydrogen) atoms. The van der Waals surface area contributed by atoms with E-state index in [4.69, 9.17) is 4.98 Å². The molecule has 0 spiro atoms. The second kappa shape index (κ2) is 5.00. The summed E-state index contributed by atoms with van der Waals surface area (Å²) in [7, 11) is 0. The van der Waals surface area contributed by atoms with E-state index < -0.39 is 0 Å². The molecule has 5 heteroatoms. The van der Waals surface area contributed by atoms with E-state index in [1.54, 1.807) is 0 Å². The van der Waals surface area contributed by atoms with Crippen LogP contribution in [0.25, 0.3) is 0 Å². The molecule has 0 aliphatic carbocycles. The van der Waals surface area contributed by atoms with Crippen molar-refractivity contribution >= 4 is 32.1 Å². The highest BCUT2D eigenvalue weighted by molar-refractivity contribution is 14.1. The minimum absolute atomic E-state index is 0.513. The van der Waals surface area contributed by atoms with Crippen LogP contribution in [0.4, 0.5) is 5.82 Å². The van der Waals surface area contributed by atoms with E-state index in [0.717, 1.165) is 34.0 Å². The Bertz CT molecular complexity index is 518. The summed E-state index contributed by atoms with van der Waals surface area (Å²) in [5.74, 6) is 1.03. The fourth-order valence-electron chi connectivity index (χ4n) is 2.70. The fourth-order valence-corrected chi connectivity index (χ4v) is 3.32. The number of hydrogen-bond acceptors (Lipinski definition) is 4. The number of nitrogens with zero attached hydrogens (tertiary/aromatic N) is 4. The Kier molecular flexibility index (Phi) is 3.49. The van der Waals surface area contributed by atoms with E-state index in [1.165, 1.54) is 19.3 Å². The summed E-state index contributed by atoms with van der Waals surface area (Å²) < 4.78 is 0.990. The molecule has 0 amide bonds. The van der Waals surface area contributed by atoms with Gasteiger partial charge in [0, 0.05) is 13.1 Å². The Morgan fingerprint density at radius 1 is 1.37 bits per heavy atom. The summed E-state index contributed by atoms with van der Waals surface area (Å²) >= 11 is 2.23. The average molecular weight is 370 g/mol. The third-order valence-electron chi connectivity index (χ3n) is 4.54. The van der Waals surface area contributed by atoms with Gasteiger partial charge < -0.3 is 4.90 Å². The molecule has 1 aromatic rings. The molecular formula is C14H19IN4. The van der Waals surface area contributed by atoms with E-state index in [2.05, 4.69) is 51.3 Å². The third-order valence-corrected chi connectivity index (χ3v) is 5.40. The Balaban J connectivity index is 1.75. The second-order valence-electron chi connectivity index (χ2n) is 5.78. The number of aromatic nitrogens is 2. The Morgan fingerprint density at radius 2 is 2.11 bits per heavy atom. The number of piperidine rings is 1. The molecule has 0 N–H and O–H groups in total. The van der Waals surface area contributed by atoms with E-state index >= 15 is 0 Å². The van der Waals surface area contributed by atoms with Gasteiger partial charge in [0.25, 0.3) is 0 Å². The summed E-state index contributed by atoms with van der Waals surface area (Å²) in [6.07, 6.45) is 5.67. The minimum Gasteiger partial charge on any atom is -0.355 e. The van der Waals surface area contributed by atoms with E-state index in [1.807, 2.05) is 6.20 Å². The highest BCUT2D eigenvalue weighted by Crippen LogP contribution is 2.35. The maximum Gasteiger partial charge on any atom is 0.147 e. The third kappa shape index (κ3) is 2.49. The number of hydrogen-bond donors (Lipinski definition) is 0. The maximum absolute atomic E-state index is 4.74. The molecule has 0 aromatic carbocycles. The van der Waals surface area contributed by atoms with Crippen molar-refractivity contribution in [3.8, 4) is 0 Å². The van der Waals surface area contributed by atoms with Crippen molar-refractivity contribution in [1.29, 1.82) is 0 Å². The standard InChI is InChI=1S/C14H19IN4/c1-3-14(2)4-6-19(7-5-14)11-9-16-12-10(18-11)8-17-13(12)15/h9H,3-8H2,1-2H3. The summed E-state index contributed by atoms with van der Waals surface area (Å²) in [5, 5.41) is 0. The predicted molar refractivity (Wildman–Crippen MR) is 86.1 cm³/mol. The van der Waals surface area contributed by atoms with Gasteiger partial charge in [-0.3, -0.25) is 4.99 Å². The largest absolute Gasteiger partial charge is 0.355 e. The lowest BCUT2D eigenvalue weighted by atomic mass is 9.78. The topological polar surface area (TPSA) is 41.4 Å². The number of rotatable bonds is 2. The van der Waals surface area contributed by atoms with Gasteiger partial charge in [-0.2, -0.15) is 0 Å². The van der Waals surface area contributed by atoms with Gasteiger partial charge in [-0.1, -0.05) is 20.3 Å². The zero-order valence-electron chi connectivity index (χ0n) is 11.5. The number of halogens is 1. The normalized spacial score (nSPS) is 21.2. The van der Waals surface area contributed by atoms with Gasteiger partial charge in [-0.05, 0) is 40.8 Å². The van der Waals surface area contributed by atoms with Gasteiger partial charge in [-0.25, -0.2) is 9.97 Å². The molecule has 0 saturated carbocycles. The first-order valence-electron chi connectivity index (χ1n) is 6.92. The highest BCUT2D eigenvalue weighted by atomic mass is 127. The van der Waals surface area contributed by atoms with Crippen LogP contribution < -0.4 is 4.90 Å². The van der Waals surface area contributed by atoms with Gasteiger partial charge in [0.1, 0.15) is 15.2 Å². The molecule has 3 rings (SSSR count). The highest BCUT2D eigenvalue weighted by Gasteiger charge is 2.29. The van der Waals surface area contributed by atoms with E-state index in [9.17, 15) is 0 Å².